The number of benzene rings is 1. The number of hydrogen-bond acceptors (Lipinski definition) is 4. The maximum absolute atomic E-state index is 8.63. The Kier molecular flexibility index (Phi) is 4.42. The second-order valence-electron chi connectivity index (χ2n) is 4.29. The number of nitrogens with zero attached hydrogens (tertiary/aromatic N) is 2. The molecule has 0 unspecified atom stereocenters. The van der Waals surface area contributed by atoms with Crippen molar-refractivity contribution >= 4 is 17.4 Å². The molecule has 2 rings (SSSR count). The summed E-state index contributed by atoms with van der Waals surface area (Å²) < 4.78 is 5.63. The summed E-state index contributed by atoms with van der Waals surface area (Å²) in [6, 6.07) is 6.97. The van der Waals surface area contributed by atoms with Crippen LogP contribution in [0.2, 0.25) is 5.02 Å². The summed E-state index contributed by atoms with van der Waals surface area (Å²) >= 11 is 6.05. The van der Waals surface area contributed by atoms with Gasteiger partial charge in [0.05, 0.1) is 5.02 Å². The molecule has 0 aliphatic rings. The first-order chi connectivity index (χ1) is 9.60. The van der Waals surface area contributed by atoms with Crippen molar-refractivity contribution < 1.29 is 9.94 Å². The number of hydrogen-bond donors (Lipinski definition) is 2. The Bertz CT molecular complexity index is 644. The van der Waals surface area contributed by atoms with Crippen molar-refractivity contribution in [2.75, 3.05) is 0 Å². The van der Waals surface area contributed by atoms with Crippen molar-refractivity contribution in [2.45, 2.75) is 13.5 Å². The number of pyridine rings is 1. The SMILES string of the molecule is Cc1cncc(COc2ccc(/C(N)=N/O)c(Cl)c2)c1. The van der Waals surface area contributed by atoms with E-state index in [4.69, 9.17) is 27.3 Å². The van der Waals surface area contributed by atoms with Gasteiger partial charge in [-0.3, -0.25) is 4.98 Å². The highest BCUT2D eigenvalue weighted by Crippen LogP contribution is 2.23. The molecule has 0 spiro atoms. The lowest BCUT2D eigenvalue weighted by atomic mass is 10.2. The highest BCUT2D eigenvalue weighted by molar-refractivity contribution is 6.34. The van der Waals surface area contributed by atoms with Gasteiger partial charge in [0, 0.05) is 23.5 Å². The van der Waals surface area contributed by atoms with Crippen LogP contribution in [0, 0.1) is 6.92 Å². The van der Waals surface area contributed by atoms with Crippen molar-refractivity contribution in [3.63, 3.8) is 0 Å². The van der Waals surface area contributed by atoms with Crippen LogP contribution in [0.1, 0.15) is 16.7 Å². The Morgan fingerprint density at radius 3 is 2.85 bits per heavy atom. The second kappa shape index (κ2) is 6.25. The third-order valence-electron chi connectivity index (χ3n) is 2.66. The minimum absolute atomic E-state index is 0.0376. The number of oxime groups is 1. The molecule has 20 heavy (non-hydrogen) atoms. The van der Waals surface area contributed by atoms with E-state index in [1.54, 1.807) is 30.6 Å². The average molecular weight is 292 g/mol. The van der Waals surface area contributed by atoms with Crippen molar-refractivity contribution in [3.8, 4) is 5.75 Å². The monoisotopic (exact) mass is 291 g/mol. The zero-order valence-corrected chi connectivity index (χ0v) is 11.6. The van der Waals surface area contributed by atoms with Gasteiger partial charge in [-0.15, -0.1) is 0 Å². The van der Waals surface area contributed by atoms with E-state index >= 15 is 0 Å². The summed E-state index contributed by atoms with van der Waals surface area (Å²) in [4.78, 5) is 4.10. The standard InChI is InChI=1S/C14H14ClN3O2/c1-9-4-10(7-17-6-9)8-20-11-2-3-12(13(15)5-11)14(16)18-19/h2-7,19H,8H2,1H3,(H2,16,18). The quantitative estimate of drug-likeness (QED) is 0.393. The molecule has 0 radical (unpaired) electrons. The summed E-state index contributed by atoms with van der Waals surface area (Å²) in [6.45, 7) is 2.37. The lowest BCUT2D eigenvalue weighted by Crippen LogP contribution is -2.13. The third-order valence-corrected chi connectivity index (χ3v) is 2.97. The topological polar surface area (TPSA) is 80.7 Å². The predicted molar refractivity (Wildman–Crippen MR) is 77.3 cm³/mol. The smallest absolute Gasteiger partial charge is 0.171 e. The third kappa shape index (κ3) is 3.39. The molecule has 0 aliphatic carbocycles. The summed E-state index contributed by atoms with van der Waals surface area (Å²) in [6.07, 6.45) is 3.53. The number of rotatable bonds is 4. The van der Waals surface area contributed by atoms with E-state index in [9.17, 15) is 0 Å². The summed E-state index contributed by atoms with van der Waals surface area (Å²) in [7, 11) is 0. The highest BCUT2D eigenvalue weighted by Gasteiger charge is 2.07. The van der Waals surface area contributed by atoms with Crippen molar-refractivity contribution in [1.29, 1.82) is 0 Å². The van der Waals surface area contributed by atoms with Gasteiger partial charge in [0.2, 0.25) is 0 Å². The van der Waals surface area contributed by atoms with Crippen molar-refractivity contribution in [1.82, 2.24) is 4.98 Å². The Labute approximate surface area is 121 Å². The van der Waals surface area contributed by atoms with Crippen LogP contribution in [-0.4, -0.2) is 16.0 Å². The van der Waals surface area contributed by atoms with Gasteiger partial charge < -0.3 is 15.7 Å². The van der Waals surface area contributed by atoms with Crippen LogP contribution in [-0.2, 0) is 6.61 Å². The number of aryl methyl sites for hydroxylation is 1. The zero-order chi connectivity index (χ0) is 14.5. The summed E-state index contributed by atoms with van der Waals surface area (Å²) in [5.41, 5.74) is 8.00. The summed E-state index contributed by atoms with van der Waals surface area (Å²) in [5.74, 6) is 0.565. The number of nitrogens with two attached hydrogens (primary N) is 1. The van der Waals surface area contributed by atoms with Crippen LogP contribution in [0.3, 0.4) is 0 Å². The molecule has 0 bridgehead atoms. The Morgan fingerprint density at radius 2 is 2.20 bits per heavy atom. The van der Waals surface area contributed by atoms with E-state index in [1.165, 1.54) is 0 Å². The minimum atomic E-state index is -0.0376. The van der Waals surface area contributed by atoms with Gasteiger partial charge in [-0.25, -0.2) is 0 Å². The van der Waals surface area contributed by atoms with Crippen LogP contribution in [0.15, 0.2) is 41.8 Å². The largest absolute Gasteiger partial charge is 0.489 e. The fourth-order valence-corrected chi connectivity index (χ4v) is 1.98. The average Bonchev–Trinajstić information content (AvgIpc) is 2.44. The van der Waals surface area contributed by atoms with Gasteiger partial charge in [-0.2, -0.15) is 0 Å². The molecule has 5 nitrogen and oxygen atoms in total. The normalized spacial score (nSPS) is 11.4. The molecule has 0 atom stereocenters. The Balaban J connectivity index is 2.09. The molecule has 0 amide bonds. The van der Waals surface area contributed by atoms with Crippen LogP contribution >= 0.6 is 11.6 Å². The first kappa shape index (κ1) is 14.1. The van der Waals surface area contributed by atoms with E-state index in [0.717, 1.165) is 11.1 Å². The van der Waals surface area contributed by atoms with Gasteiger partial charge in [0.25, 0.3) is 0 Å². The first-order valence-electron chi connectivity index (χ1n) is 5.91. The lowest BCUT2D eigenvalue weighted by Gasteiger charge is -2.09. The maximum Gasteiger partial charge on any atom is 0.171 e. The molecular formula is C14H14ClN3O2. The minimum Gasteiger partial charge on any atom is -0.489 e. The fourth-order valence-electron chi connectivity index (χ4n) is 1.71. The summed E-state index contributed by atoms with van der Waals surface area (Å²) in [5, 5.41) is 11.9. The maximum atomic E-state index is 8.63. The zero-order valence-electron chi connectivity index (χ0n) is 10.9. The van der Waals surface area contributed by atoms with Crippen LogP contribution in [0.5, 0.6) is 5.75 Å². The van der Waals surface area contributed by atoms with E-state index in [0.29, 0.717) is 22.9 Å². The van der Waals surface area contributed by atoms with Crippen LogP contribution < -0.4 is 10.5 Å². The molecule has 1 heterocycles. The van der Waals surface area contributed by atoms with Gasteiger partial charge in [-0.1, -0.05) is 16.8 Å². The lowest BCUT2D eigenvalue weighted by molar-refractivity contribution is 0.305. The molecule has 0 saturated heterocycles. The number of halogens is 1. The van der Waals surface area contributed by atoms with Gasteiger partial charge in [-0.05, 0) is 36.8 Å². The predicted octanol–water partition coefficient (Wildman–Crippen LogP) is 2.72. The Morgan fingerprint density at radius 1 is 1.40 bits per heavy atom. The molecule has 0 aliphatic heterocycles. The van der Waals surface area contributed by atoms with E-state index in [2.05, 4.69) is 10.1 Å². The molecule has 3 N–H and O–H groups in total. The van der Waals surface area contributed by atoms with Crippen molar-refractivity contribution in [3.05, 3.63) is 58.4 Å². The molecule has 104 valence electrons. The molecule has 0 saturated carbocycles. The second-order valence-corrected chi connectivity index (χ2v) is 4.69. The van der Waals surface area contributed by atoms with Gasteiger partial charge >= 0.3 is 0 Å². The van der Waals surface area contributed by atoms with Gasteiger partial charge in [0.15, 0.2) is 5.84 Å². The molecule has 0 fully saturated rings. The number of amidine groups is 1. The van der Waals surface area contributed by atoms with Crippen LogP contribution in [0.4, 0.5) is 0 Å². The van der Waals surface area contributed by atoms with Crippen molar-refractivity contribution in [2.24, 2.45) is 10.9 Å². The number of aromatic nitrogens is 1. The van der Waals surface area contributed by atoms with E-state index < -0.39 is 0 Å². The highest BCUT2D eigenvalue weighted by atomic mass is 35.5. The fraction of sp³-hybridized carbons (Fsp3) is 0.143. The van der Waals surface area contributed by atoms with E-state index in [1.807, 2.05) is 13.0 Å². The first-order valence-corrected chi connectivity index (χ1v) is 6.28. The molecular weight excluding hydrogens is 278 g/mol. The van der Waals surface area contributed by atoms with E-state index in [-0.39, 0.29) is 5.84 Å². The van der Waals surface area contributed by atoms with Crippen LogP contribution in [0.25, 0.3) is 0 Å². The molecule has 2 aromatic rings. The Hall–Kier alpha value is -2.27. The van der Waals surface area contributed by atoms with Gasteiger partial charge in [0.1, 0.15) is 12.4 Å². The molecule has 6 heteroatoms. The number of ether oxygens (including phenoxy) is 1. The molecule has 1 aromatic carbocycles. The molecule has 1 aromatic heterocycles.